The van der Waals surface area contributed by atoms with Crippen molar-refractivity contribution in [2.45, 2.75) is 20.3 Å². The third kappa shape index (κ3) is 3.08. The molecule has 14 heavy (non-hydrogen) atoms. The Morgan fingerprint density at radius 3 is 2.86 bits per heavy atom. The monoisotopic (exact) mass is 209 g/mol. The summed E-state index contributed by atoms with van der Waals surface area (Å²) in [5.41, 5.74) is 3.41. The van der Waals surface area contributed by atoms with Crippen LogP contribution in [0.5, 0.6) is 0 Å². The van der Waals surface area contributed by atoms with Crippen LogP contribution in [0.25, 0.3) is 0 Å². The number of hydrogen-bond acceptors (Lipinski definition) is 1. The van der Waals surface area contributed by atoms with Crippen LogP contribution in [0.1, 0.15) is 18.9 Å². The molecular weight excluding hydrogens is 194 g/mol. The van der Waals surface area contributed by atoms with E-state index in [4.69, 9.17) is 11.6 Å². The van der Waals surface area contributed by atoms with E-state index in [9.17, 15) is 0 Å². The van der Waals surface area contributed by atoms with E-state index in [1.54, 1.807) is 0 Å². The summed E-state index contributed by atoms with van der Waals surface area (Å²) in [5.74, 6) is 0. The van der Waals surface area contributed by atoms with Gasteiger partial charge in [-0.2, -0.15) is 0 Å². The highest BCUT2D eigenvalue weighted by atomic mass is 35.5. The molecule has 0 radical (unpaired) electrons. The molecule has 0 amide bonds. The van der Waals surface area contributed by atoms with Gasteiger partial charge < -0.3 is 5.32 Å². The second-order valence-electron chi connectivity index (χ2n) is 3.55. The molecule has 0 spiro atoms. The Hall–Kier alpha value is -0.950. The van der Waals surface area contributed by atoms with Crippen molar-refractivity contribution in [2.24, 2.45) is 0 Å². The maximum atomic E-state index is 6.00. The summed E-state index contributed by atoms with van der Waals surface area (Å²) in [6.07, 6.45) is 0.992. The van der Waals surface area contributed by atoms with Gasteiger partial charge in [0.25, 0.3) is 0 Å². The molecule has 0 aliphatic heterocycles. The number of hydrogen-bond donors (Lipinski definition) is 1. The molecule has 2 heteroatoms. The van der Waals surface area contributed by atoms with Gasteiger partial charge in [-0.05, 0) is 38.0 Å². The summed E-state index contributed by atoms with van der Waals surface area (Å²) < 4.78 is 0. The predicted octanol–water partition coefficient (Wildman–Crippen LogP) is 4.03. The Morgan fingerprint density at radius 2 is 2.21 bits per heavy atom. The Balaban J connectivity index is 2.59. The second kappa shape index (κ2) is 5.06. The normalized spacial score (nSPS) is 9.93. The van der Waals surface area contributed by atoms with Crippen molar-refractivity contribution >= 4 is 17.3 Å². The minimum absolute atomic E-state index is 0.810. The zero-order valence-corrected chi connectivity index (χ0v) is 9.49. The van der Waals surface area contributed by atoms with Crippen molar-refractivity contribution in [3.8, 4) is 0 Å². The summed E-state index contributed by atoms with van der Waals surface area (Å²) in [5, 5.41) is 4.15. The van der Waals surface area contributed by atoms with E-state index in [1.807, 2.05) is 32.0 Å². The van der Waals surface area contributed by atoms with Crippen LogP contribution in [0.15, 0.2) is 30.4 Å². The molecule has 1 aromatic carbocycles. The van der Waals surface area contributed by atoms with E-state index >= 15 is 0 Å². The third-order valence-corrected chi connectivity index (χ3v) is 2.54. The molecule has 0 bridgehead atoms. The summed E-state index contributed by atoms with van der Waals surface area (Å²) in [7, 11) is 0. The van der Waals surface area contributed by atoms with Crippen LogP contribution in [0.2, 0.25) is 5.02 Å². The smallest absolute Gasteiger partial charge is 0.0455 e. The summed E-state index contributed by atoms with van der Waals surface area (Å²) >= 11 is 6.00. The first-order valence-electron chi connectivity index (χ1n) is 4.74. The van der Waals surface area contributed by atoms with Crippen molar-refractivity contribution in [1.29, 1.82) is 0 Å². The van der Waals surface area contributed by atoms with Crippen molar-refractivity contribution in [2.75, 3.05) is 11.9 Å². The predicted molar refractivity (Wildman–Crippen MR) is 64.1 cm³/mol. The van der Waals surface area contributed by atoms with Crippen LogP contribution < -0.4 is 5.32 Å². The standard InChI is InChI=1S/C12H16ClN/c1-9(2)7-8-14-12-6-4-5-11(13)10(12)3/h4-6,14H,1,7-8H2,2-3H3. The van der Waals surface area contributed by atoms with Crippen molar-refractivity contribution in [3.05, 3.63) is 40.9 Å². The van der Waals surface area contributed by atoms with Gasteiger partial charge in [-0.25, -0.2) is 0 Å². The maximum absolute atomic E-state index is 6.00. The third-order valence-electron chi connectivity index (χ3n) is 2.13. The van der Waals surface area contributed by atoms with E-state index < -0.39 is 0 Å². The number of halogens is 1. The SMILES string of the molecule is C=C(C)CCNc1cccc(Cl)c1C. The molecule has 0 saturated carbocycles. The minimum Gasteiger partial charge on any atom is -0.384 e. The van der Waals surface area contributed by atoms with Crippen molar-refractivity contribution in [1.82, 2.24) is 0 Å². The van der Waals surface area contributed by atoms with Gasteiger partial charge in [0.05, 0.1) is 0 Å². The van der Waals surface area contributed by atoms with Crippen LogP contribution >= 0.6 is 11.6 Å². The fourth-order valence-corrected chi connectivity index (χ4v) is 1.38. The van der Waals surface area contributed by atoms with Gasteiger partial charge in [0, 0.05) is 17.3 Å². The van der Waals surface area contributed by atoms with Crippen molar-refractivity contribution < 1.29 is 0 Å². The molecule has 0 saturated heterocycles. The van der Waals surface area contributed by atoms with Gasteiger partial charge >= 0.3 is 0 Å². The van der Waals surface area contributed by atoms with Gasteiger partial charge in [0.2, 0.25) is 0 Å². The second-order valence-corrected chi connectivity index (χ2v) is 3.95. The highest BCUT2D eigenvalue weighted by molar-refractivity contribution is 6.31. The van der Waals surface area contributed by atoms with Gasteiger partial charge in [-0.1, -0.05) is 23.2 Å². The Morgan fingerprint density at radius 1 is 1.50 bits per heavy atom. The molecule has 1 nitrogen and oxygen atoms in total. The zero-order chi connectivity index (χ0) is 10.6. The largest absolute Gasteiger partial charge is 0.384 e. The Bertz CT molecular complexity index is 331. The molecule has 0 aliphatic rings. The maximum Gasteiger partial charge on any atom is 0.0455 e. The molecule has 0 fully saturated rings. The van der Waals surface area contributed by atoms with Crippen LogP contribution in [0.4, 0.5) is 5.69 Å². The van der Waals surface area contributed by atoms with E-state index in [1.165, 1.54) is 5.57 Å². The molecule has 0 heterocycles. The van der Waals surface area contributed by atoms with Crippen molar-refractivity contribution in [3.63, 3.8) is 0 Å². The van der Waals surface area contributed by atoms with E-state index in [0.717, 1.165) is 29.2 Å². The van der Waals surface area contributed by atoms with E-state index in [0.29, 0.717) is 0 Å². The molecule has 1 N–H and O–H groups in total. The number of anilines is 1. The first-order valence-corrected chi connectivity index (χ1v) is 5.12. The minimum atomic E-state index is 0.810. The van der Waals surface area contributed by atoms with Gasteiger partial charge in [-0.3, -0.25) is 0 Å². The molecule has 0 aromatic heterocycles. The molecule has 0 unspecified atom stereocenters. The van der Waals surface area contributed by atoms with E-state index in [2.05, 4.69) is 11.9 Å². The fraction of sp³-hybridized carbons (Fsp3) is 0.333. The summed E-state index contributed by atoms with van der Waals surface area (Å²) in [6, 6.07) is 5.90. The quantitative estimate of drug-likeness (QED) is 0.739. The average molecular weight is 210 g/mol. The topological polar surface area (TPSA) is 12.0 Å². The molecule has 1 aromatic rings. The molecular formula is C12H16ClN. The van der Waals surface area contributed by atoms with Crippen LogP contribution in [-0.4, -0.2) is 6.54 Å². The van der Waals surface area contributed by atoms with E-state index in [-0.39, 0.29) is 0 Å². The number of nitrogens with one attached hydrogen (secondary N) is 1. The van der Waals surface area contributed by atoms with Gasteiger partial charge in [0.1, 0.15) is 0 Å². The first-order chi connectivity index (χ1) is 6.61. The summed E-state index contributed by atoms with van der Waals surface area (Å²) in [4.78, 5) is 0. The molecule has 76 valence electrons. The fourth-order valence-electron chi connectivity index (χ4n) is 1.21. The van der Waals surface area contributed by atoms with Gasteiger partial charge in [0.15, 0.2) is 0 Å². The lowest BCUT2D eigenvalue weighted by atomic mass is 10.2. The Kier molecular flexibility index (Phi) is 4.02. The highest BCUT2D eigenvalue weighted by Gasteiger charge is 2.00. The lowest BCUT2D eigenvalue weighted by Crippen LogP contribution is -2.03. The summed E-state index contributed by atoms with van der Waals surface area (Å²) in [6.45, 7) is 8.83. The lowest BCUT2D eigenvalue weighted by molar-refractivity contribution is 1.000. The first kappa shape index (κ1) is 11.1. The van der Waals surface area contributed by atoms with Crippen LogP contribution in [0.3, 0.4) is 0 Å². The Labute approximate surface area is 90.8 Å². The average Bonchev–Trinajstić information content (AvgIpc) is 2.12. The lowest BCUT2D eigenvalue weighted by Gasteiger charge is -2.10. The zero-order valence-electron chi connectivity index (χ0n) is 8.73. The molecule has 0 aliphatic carbocycles. The molecule has 1 rings (SSSR count). The molecule has 0 atom stereocenters. The van der Waals surface area contributed by atoms with Crippen LogP contribution in [0, 0.1) is 6.92 Å². The highest BCUT2D eigenvalue weighted by Crippen LogP contribution is 2.22. The van der Waals surface area contributed by atoms with Gasteiger partial charge in [-0.15, -0.1) is 6.58 Å². The number of benzene rings is 1. The number of rotatable bonds is 4. The van der Waals surface area contributed by atoms with Crippen LogP contribution in [-0.2, 0) is 0 Å².